The van der Waals surface area contributed by atoms with Gasteiger partial charge in [0.05, 0.1) is 17.2 Å². The van der Waals surface area contributed by atoms with E-state index >= 15 is 0 Å². The largest absolute Gasteiger partial charge is 0.479 e. The Hall–Kier alpha value is -2.51. The number of benzene rings is 1. The molecule has 7 nitrogen and oxygen atoms in total. The van der Waals surface area contributed by atoms with Crippen LogP contribution in [0.15, 0.2) is 36.5 Å². The number of anilines is 1. The minimum absolute atomic E-state index is 0.105. The van der Waals surface area contributed by atoms with Crippen molar-refractivity contribution in [2.24, 2.45) is 0 Å². The van der Waals surface area contributed by atoms with Gasteiger partial charge in [0.15, 0.2) is 6.10 Å². The molecule has 0 radical (unpaired) electrons. The molecule has 30 heavy (non-hydrogen) atoms. The lowest BCUT2D eigenvalue weighted by molar-refractivity contribution is -0.138. The number of pyridine rings is 1. The molecular weight excluding hydrogens is 429 g/mol. The molecule has 1 aliphatic heterocycles. The maximum Gasteiger partial charge on any atom is 0.339 e. The molecule has 0 spiro atoms. The zero-order chi connectivity index (χ0) is 21.7. The number of rotatable bonds is 6. The van der Waals surface area contributed by atoms with E-state index in [2.05, 4.69) is 9.88 Å². The highest BCUT2D eigenvalue weighted by molar-refractivity contribution is 6.35. The lowest BCUT2D eigenvalue weighted by atomic mass is 10.2. The van der Waals surface area contributed by atoms with Gasteiger partial charge in [-0.3, -0.25) is 4.79 Å². The summed E-state index contributed by atoms with van der Waals surface area (Å²) in [6.45, 7) is 6.14. The van der Waals surface area contributed by atoms with Gasteiger partial charge in [0.1, 0.15) is 11.6 Å². The Morgan fingerprint density at radius 1 is 1.13 bits per heavy atom. The molecule has 1 aliphatic rings. The van der Waals surface area contributed by atoms with E-state index in [0.717, 1.165) is 5.82 Å². The molecule has 2 heterocycles. The van der Waals surface area contributed by atoms with Crippen LogP contribution in [0.5, 0.6) is 5.75 Å². The van der Waals surface area contributed by atoms with Crippen molar-refractivity contribution in [1.82, 2.24) is 9.88 Å². The zero-order valence-corrected chi connectivity index (χ0v) is 18.3. The fourth-order valence-corrected chi connectivity index (χ4v) is 3.59. The topological polar surface area (TPSA) is 72.0 Å². The van der Waals surface area contributed by atoms with Crippen molar-refractivity contribution in [3.05, 3.63) is 52.1 Å². The molecular formula is C21H23Cl2N3O4. The van der Waals surface area contributed by atoms with Crippen molar-refractivity contribution in [3.8, 4) is 5.75 Å². The Labute approximate surface area is 185 Å². The Morgan fingerprint density at radius 3 is 2.47 bits per heavy atom. The lowest BCUT2D eigenvalue weighted by Crippen LogP contribution is -2.52. The molecule has 0 saturated carbocycles. The number of halogens is 2. The molecule has 1 aromatic heterocycles. The maximum atomic E-state index is 12.8. The molecule has 1 aromatic carbocycles. The monoisotopic (exact) mass is 451 g/mol. The number of hydrogen-bond acceptors (Lipinski definition) is 6. The summed E-state index contributed by atoms with van der Waals surface area (Å²) < 4.78 is 10.7. The van der Waals surface area contributed by atoms with Crippen LogP contribution in [-0.2, 0) is 9.53 Å². The fraction of sp³-hybridized carbons (Fsp3) is 0.381. The number of esters is 1. The lowest BCUT2D eigenvalue weighted by Gasteiger charge is -2.36. The molecule has 2 aromatic rings. The van der Waals surface area contributed by atoms with Crippen LogP contribution in [0.4, 0.5) is 5.82 Å². The van der Waals surface area contributed by atoms with E-state index in [1.165, 1.54) is 6.20 Å². The van der Waals surface area contributed by atoms with Crippen LogP contribution in [0.3, 0.4) is 0 Å². The summed E-state index contributed by atoms with van der Waals surface area (Å²) in [4.78, 5) is 32.7. The average Bonchev–Trinajstić information content (AvgIpc) is 2.75. The molecule has 160 valence electrons. The van der Waals surface area contributed by atoms with E-state index in [4.69, 9.17) is 32.7 Å². The molecule has 1 atom stereocenters. The highest BCUT2D eigenvalue weighted by Crippen LogP contribution is 2.28. The number of amides is 1. The second kappa shape index (κ2) is 10.00. The first-order valence-electron chi connectivity index (χ1n) is 9.67. The molecule has 1 unspecified atom stereocenters. The molecule has 9 heteroatoms. The number of aromatic nitrogens is 1. The van der Waals surface area contributed by atoms with Gasteiger partial charge < -0.3 is 19.3 Å². The number of piperazine rings is 1. The highest BCUT2D eigenvalue weighted by atomic mass is 35.5. The first kappa shape index (κ1) is 22.2. The summed E-state index contributed by atoms with van der Waals surface area (Å²) in [6, 6.07) is 8.38. The zero-order valence-electron chi connectivity index (χ0n) is 16.8. The summed E-state index contributed by atoms with van der Waals surface area (Å²) in [5, 5.41) is 0.871. The van der Waals surface area contributed by atoms with E-state index < -0.39 is 6.10 Å². The third-order valence-electron chi connectivity index (χ3n) is 4.72. The smallest absolute Gasteiger partial charge is 0.339 e. The van der Waals surface area contributed by atoms with E-state index in [-0.39, 0.29) is 11.9 Å². The first-order valence-corrected chi connectivity index (χ1v) is 10.4. The number of carbonyl (C=O) groups is 2. The van der Waals surface area contributed by atoms with Crippen LogP contribution in [0.2, 0.25) is 10.0 Å². The molecule has 1 fully saturated rings. The van der Waals surface area contributed by atoms with Crippen molar-refractivity contribution in [2.45, 2.75) is 20.0 Å². The van der Waals surface area contributed by atoms with Crippen LogP contribution in [0, 0.1) is 0 Å². The predicted molar refractivity (Wildman–Crippen MR) is 116 cm³/mol. The van der Waals surface area contributed by atoms with E-state index in [1.807, 2.05) is 0 Å². The highest BCUT2D eigenvalue weighted by Gasteiger charge is 2.27. The van der Waals surface area contributed by atoms with E-state index in [0.29, 0.717) is 54.1 Å². The molecule has 0 bridgehead atoms. The van der Waals surface area contributed by atoms with Gasteiger partial charge in [0.2, 0.25) is 0 Å². The second-order valence-corrected chi connectivity index (χ2v) is 7.62. The van der Waals surface area contributed by atoms with Gasteiger partial charge in [0, 0.05) is 37.4 Å². The minimum atomic E-state index is -0.669. The molecule has 0 aliphatic carbocycles. The SMILES string of the molecule is CCOC(=O)c1ccc(N2CCN(C(=O)C(C)Oc3ccc(Cl)cc3Cl)CC2)nc1. The Morgan fingerprint density at radius 2 is 1.87 bits per heavy atom. The van der Waals surface area contributed by atoms with Crippen LogP contribution in [0.25, 0.3) is 0 Å². The average molecular weight is 452 g/mol. The minimum Gasteiger partial charge on any atom is -0.479 e. The molecule has 1 saturated heterocycles. The van der Waals surface area contributed by atoms with Crippen LogP contribution in [0.1, 0.15) is 24.2 Å². The Kier molecular flexibility index (Phi) is 7.39. The first-order chi connectivity index (χ1) is 14.4. The maximum absolute atomic E-state index is 12.8. The normalized spacial score (nSPS) is 14.9. The summed E-state index contributed by atoms with van der Waals surface area (Å²) in [5.41, 5.74) is 0.418. The van der Waals surface area contributed by atoms with Gasteiger partial charge >= 0.3 is 5.97 Å². The summed E-state index contributed by atoms with van der Waals surface area (Å²) in [7, 11) is 0. The van der Waals surface area contributed by atoms with Crippen molar-refractivity contribution in [2.75, 3.05) is 37.7 Å². The van der Waals surface area contributed by atoms with Gasteiger partial charge in [-0.1, -0.05) is 23.2 Å². The molecule has 0 N–H and O–H groups in total. The Bertz CT molecular complexity index is 900. The van der Waals surface area contributed by atoms with Crippen LogP contribution in [-0.4, -0.2) is 60.7 Å². The van der Waals surface area contributed by atoms with Crippen LogP contribution >= 0.6 is 23.2 Å². The van der Waals surface area contributed by atoms with Gasteiger partial charge in [-0.25, -0.2) is 9.78 Å². The van der Waals surface area contributed by atoms with Crippen molar-refractivity contribution in [1.29, 1.82) is 0 Å². The fourth-order valence-electron chi connectivity index (χ4n) is 3.13. The quantitative estimate of drug-likeness (QED) is 0.623. The number of ether oxygens (including phenoxy) is 2. The molecule has 1 amide bonds. The van der Waals surface area contributed by atoms with E-state index in [9.17, 15) is 9.59 Å². The Balaban J connectivity index is 1.54. The third-order valence-corrected chi connectivity index (χ3v) is 5.25. The van der Waals surface area contributed by atoms with Gasteiger partial charge in [0.25, 0.3) is 5.91 Å². The third kappa shape index (κ3) is 5.34. The summed E-state index contributed by atoms with van der Waals surface area (Å²) in [6.07, 6.45) is 0.841. The van der Waals surface area contributed by atoms with Crippen molar-refractivity contribution >= 4 is 40.9 Å². The standard InChI is InChI=1S/C21H23Cl2N3O4/c1-3-29-21(28)15-4-7-19(24-13-15)25-8-10-26(11-9-25)20(27)14(2)30-18-6-5-16(22)12-17(18)23/h4-7,12-14H,3,8-11H2,1-2H3. The van der Waals surface area contributed by atoms with Gasteiger partial charge in [-0.05, 0) is 44.2 Å². The van der Waals surface area contributed by atoms with Gasteiger partial charge in [-0.2, -0.15) is 0 Å². The van der Waals surface area contributed by atoms with Crippen molar-refractivity contribution in [3.63, 3.8) is 0 Å². The van der Waals surface area contributed by atoms with Crippen LogP contribution < -0.4 is 9.64 Å². The van der Waals surface area contributed by atoms with Crippen molar-refractivity contribution < 1.29 is 19.1 Å². The number of carbonyl (C=O) groups excluding carboxylic acids is 2. The number of hydrogen-bond donors (Lipinski definition) is 0. The second-order valence-electron chi connectivity index (χ2n) is 6.77. The molecule has 3 rings (SSSR count). The summed E-state index contributed by atoms with van der Waals surface area (Å²) in [5.74, 6) is 0.687. The summed E-state index contributed by atoms with van der Waals surface area (Å²) >= 11 is 12.0. The number of nitrogens with zero attached hydrogens (tertiary/aromatic N) is 3. The predicted octanol–water partition coefficient (Wildman–Crippen LogP) is 3.68. The van der Waals surface area contributed by atoms with E-state index in [1.54, 1.807) is 49.1 Å². The van der Waals surface area contributed by atoms with Gasteiger partial charge in [-0.15, -0.1) is 0 Å².